The first-order valence-corrected chi connectivity index (χ1v) is 6.57. The van der Waals surface area contributed by atoms with Crippen LogP contribution in [0.2, 0.25) is 0 Å². The lowest BCUT2D eigenvalue weighted by Crippen LogP contribution is -2.25. The maximum Gasteiger partial charge on any atom is 0.223 e. The quantitative estimate of drug-likeness (QED) is 0.922. The van der Waals surface area contributed by atoms with Crippen molar-refractivity contribution in [1.29, 1.82) is 0 Å². The molecule has 1 unspecified atom stereocenters. The molecule has 1 aromatic heterocycles. The van der Waals surface area contributed by atoms with Crippen LogP contribution in [0.5, 0.6) is 0 Å². The van der Waals surface area contributed by atoms with Crippen LogP contribution in [0.3, 0.4) is 0 Å². The lowest BCUT2D eigenvalue weighted by molar-refractivity contribution is -0.128. The summed E-state index contributed by atoms with van der Waals surface area (Å²) in [7, 11) is 0. The van der Waals surface area contributed by atoms with Crippen molar-refractivity contribution in [3.63, 3.8) is 0 Å². The number of hydrogen-bond donors (Lipinski definition) is 1. The van der Waals surface area contributed by atoms with E-state index in [4.69, 9.17) is 5.73 Å². The Morgan fingerprint density at radius 3 is 3.00 bits per heavy atom. The van der Waals surface area contributed by atoms with Gasteiger partial charge in [-0.2, -0.15) is 0 Å². The van der Waals surface area contributed by atoms with E-state index in [1.165, 1.54) is 4.88 Å². The van der Waals surface area contributed by atoms with E-state index in [9.17, 15) is 4.79 Å². The van der Waals surface area contributed by atoms with Crippen molar-refractivity contribution in [2.24, 2.45) is 11.7 Å². The number of carbonyl (C=O) groups excluding carboxylic acids is 1. The highest BCUT2D eigenvalue weighted by atomic mass is 79.9. The van der Waals surface area contributed by atoms with E-state index in [0.29, 0.717) is 25.4 Å². The topological polar surface area (TPSA) is 46.3 Å². The van der Waals surface area contributed by atoms with Crippen molar-refractivity contribution >= 4 is 33.2 Å². The number of nitrogens with two attached hydrogens (primary N) is 1. The summed E-state index contributed by atoms with van der Waals surface area (Å²) in [6, 6.07) is 2.01. The summed E-state index contributed by atoms with van der Waals surface area (Å²) in [4.78, 5) is 14.7. The predicted octanol–water partition coefficient (Wildman–Crippen LogP) is 1.82. The molecule has 1 aromatic rings. The van der Waals surface area contributed by atoms with Crippen LogP contribution in [-0.4, -0.2) is 23.9 Å². The minimum Gasteiger partial charge on any atom is -0.337 e. The van der Waals surface area contributed by atoms with Crippen molar-refractivity contribution in [3.8, 4) is 0 Å². The lowest BCUT2D eigenvalue weighted by Gasteiger charge is -2.15. The van der Waals surface area contributed by atoms with Crippen molar-refractivity contribution in [2.45, 2.75) is 13.0 Å². The van der Waals surface area contributed by atoms with Gasteiger partial charge in [-0.25, -0.2) is 0 Å². The smallest absolute Gasteiger partial charge is 0.223 e. The molecule has 1 atom stereocenters. The maximum absolute atomic E-state index is 11.6. The van der Waals surface area contributed by atoms with Gasteiger partial charge in [0.1, 0.15) is 0 Å². The molecule has 5 heteroatoms. The molecule has 0 aromatic carbocycles. The average molecular weight is 289 g/mol. The summed E-state index contributed by atoms with van der Waals surface area (Å²) in [5.74, 6) is 0.571. The van der Waals surface area contributed by atoms with Crippen LogP contribution in [0.15, 0.2) is 15.9 Å². The number of amides is 1. The number of halogens is 1. The number of hydrogen-bond acceptors (Lipinski definition) is 3. The first-order valence-electron chi connectivity index (χ1n) is 4.90. The largest absolute Gasteiger partial charge is 0.337 e. The van der Waals surface area contributed by atoms with Gasteiger partial charge in [-0.05, 0) is 39.8 Å². The van der Waals surface area contributed by atoms with Gasteiger partial charge in [0.25, 0.3) is 0 Å². The van der Waals surface area contributed by atoms with Gasteiger partial charge in [-0.3, -0.25) is 4.79 Å². The van der Waals surface area contributed by atoms with E-state index in [1.54, 1.807) is 11.3 Å². The molecule has 0 saturated carbocycles. The SMILES string of the molecule is NCC1CC(=O)N(Cc2sccc2Br)C1. The molecule has 0 spiro atoms. The molecule has 1 aliphatic rings. The molecule has 0 bridgehead atoms. The fraction of sp³-hybridized carbons (Fsp3) is 0.500. The number of rotatable bonds is 3. The van der Waals surface area contributed by atoms with Gasteiger partial charge < -0.3 is 10.6 Å². The predicted molar refractivity (Wildman–Crippen MR) is 64.6 cm³/mol. The standard InChI is InChI=1S/C10H13BrN2OS/c11-8-1-2-15-9(8)6-13-5-7(4-12)3-10(13)14/h1-2,7H,3-6,12H2. The van der Waals surface area contributed by atoms with E-state index in [0.717, 1.165) is 11.0 Å². The Kier molecular flexibility index (Phi) is 3.43. The fourth-order valence-electron chi connectivity index (χ4n) is 1.78. The second-order valence-electron chi connectivity index (χ2n) is 3.77. The lowest BCUT2D eigenvalue weighted by atomic mass is 10.1. The monoisotopic (exact) mass is 288 g/mol. The Labute approximate surface area is 101 Å². The molecular weight excluding hydrogens is 276 g/mol. The molecule has 0 radical (unpaired) electrons. The number of likely N-dealkylation sites (tertiary alicyclic amines) is 1. The summed E-state index contributed by atoms with van der Waals surface area (Å²) in [6.45, 7) is 2.13. The Bertz CT molecular complexity index is 366. The fourth-order valence-corrected chi connectivity index (χ4v) is 3.27. The zero-order valence-electron chi connectivity index (χ0n) is 8.28. The second kappa shape index (κ2) is 4.63. The van der Waals surface area contributed by atoms with E-state index in [2.05, 4.69) is 15.9 Å². The maximum atomic E-state index is 11.6. The van der Waals surface area contributed by atoms with Crippen LogP contribution < -0.4 is 5.73 Å². The molecule has 0 aliphatic carbocycles. The number of thiophene rings is 1. The normalized spacial score (nSPS) is 21.3. The molecule has 1 saturated heterocycles. The van der Waals surface area contributed by atoms with Gasteiger partial charge in [0.15, 0.2) is 0 Å². The van der Waals surface area contributed by atoms with Crippen molar-refractivity contribution in [1.82, 2.24) is 4.90 Å². The van der Waals surface area contributed by atoms with Gasteiger partial charge in [0, 0.05) is 22.3 Å². The van der Waals surface area contributed by atoms with Crippen molar-refractivity contribution in [3.05, 3.63) is 20.8 Å². The molecular formula is C10H13BrN2OS. The third-order valence-corrected chi connectivity index (χ3v) is 4.56. The Morgan fingerprint density at radius 2 is 2.47 bits per heavy atom. The average Bonchev–Trinajstić information content (AvgIpc) is 2.76. The highest BCUT2D eigenvalue weighted by Gasteiger charge is 2.28. The molecule has 1 aliphatic heterocycles. The van der Waals surface area contributed by atoms with Crippen molar-refractivity contribution < 1.29 is 4.79 Å². The first-order chi connectivity index (χ1) is 7.20. The highest BCUT2D eigenvalue weighted by Crippen LogP contribution is 2.27. The van der Waals surface area contributed by atoms with E-state index in [-0.39, 0.29) is 5.91 Å². The van der Waals surface area contributed by atoms with Crippen molar-refractivity contribution in [2.75, 3.05) is 13.1 Å². The van der Waals surface area contributed by atoms with Crippen LogP contribution in [0.25, 0.3) is 0 Å². The van der Waals surface area contributed by atoms with E-state index < -0.39 is 0 Å². The third-order valence-electron chi connectivity index (χ3n) is 2.65. The summed E-state index contributed by atoms with van der Waals surface area (Å²) in [5, 5.41) is 2.03. The van der Waals surface area contributed by atoms with Crippen LogP contribution in [0.4, 0.5) is 0 Å². The van der Waals surface area contributed by atoms with Gasteiger partial charge in [0.05, 0.1) is 6.54 Å². The zero-order chi connectivity index (χ0) is 10.8. The molecule has 2 rings (SSSR count). The summed E-state index contributed by atoms with van der Waals surface area (Å²) >= 11 is 5.15. The minimum atomic E-state index is 0.228. The second-order valence-corrected chi connectivity index (χ2v) is 5.63. The third kappa shape index (κ3) is 2.41. The Hall–Kier alpha value is -0.390. The summed E-state index contributed by atoms with van der Waals surface area (Å²) in [6.07, 6.45) is 0.611. The molecule has 82 valence electrons. The molecule has 15 heavy (non-hydrogen) atoms. The van der Waals surface area contributed by atoms with Crippen LogP contribution >= 0.6 is 27.3 Å². The molecule has 1 amide bonds. The molecule has 2 N–H and O–H groups in total. The van der Waals surface area contributed by atoms with Gasteiger partial charge in [-0.1, -0.05) is 0 Å². The van der Waals surface area contributed by atoms with Gasteiger partial charge >= 0.3 is 0 Å². The minimum absolute atomic E-state index is 0.228. The highest BCUT2D eigenvalue weighted by molar-refractivity contribution is 9.10. The van der Waals surface area contributed by atoms with E-state index in [1.807, 2.05) is 16.3 Å². The Morgan fingerprint density at radius 1 is 1.67 bits per heavy atom. The van der Waals surface area contributed by atoms with Crippen LogP contribution in [0.1, 0.15) is 11.3 Å². The van der Waals surface area contributed by atoms with Gasteiger partial charge in [-0.15, -0.1) is 11.3 Å². The first kappa shape index (κ1) is 11.1. The number of carbonyl (C=O) groups is 1. The zero-order valence-corrected chi connectivity index (χ0v) is 10.7. The molecule has 2 heterocycles. The van der Waals surface area contributed by atoms with E-state index >= 15 is 0 Å². The number of nitrogens with zero attached hydrogens (tertiary/aromatic N) is 1. The summed E-state index contributed by atoms with van der Waals surface area (Å²) in [5.41, 5.74) is 5.58. The summed E-state index contributed by atoms with van der Waals surface area (Å²) < 4.78 is 1.09. The molecule has 3 nitrogen and oxygen atoms in total. The molecule has 1 fully saturated rings. The Balaban J connectivity index is 2.01. The van der Waals surface area contributed by atoms with Gasteiger partial charge in [0.2, 0.25) is 5.91 Å². The van der Waals surface area contributed by atoms with Crippen LogP contribution in [0, 0.1) is 5.92 Å². The van der Waals surface area contributed by atoms with Crippen LogP contribution in [-0.2, 0) is 11.3 Å².